The lowest BCUT2D eigenvalue weighted by Crippen LogP contribution is -2.54. The van der Waals surface area contributed by atoms with Crippen LogP contribution in [0.1, 0.15) is 33.1 Å². The number of amides is 1. The second kappa shape index (κ2) is 6.80. The SMILES string of the molecule is CCCCCNC(=O)C(C)NC1COC1. The smallest absolute Gasteiger partial charge is 0.236 e. The summed E-state index contributed by atoms with van der Waals surface area (Å²) in [6.45, 7) is 6.30. The van der Waals surface area contributed by atoms with Gasteiger partial charge < -0.3 is 10.1 Å². The first-order chi connectivity index (χ1) is 7.24. The predicted molar refractivity (Wildman–Crippen MR) is 59.7 cm³/mol. The molecule has 2 N–H and O–H groups in total. The second-order valence-electron chi connectivity index (χ2n) is 4.12. The van der Waals surface area contributed by atoms with Crippen molar-refractivity contribution in [1.29, 1.82) is 0 Å². The number of hydrogen-bond acceptors (Lipinski definition) is 3. The normalized spacial score (nSPS) is 18.3. The fraction of sp³-hybridized carbons (Fsp3) is 0.909. The van der Waals surface area contributed by atoms with Gasteiger partial charge in [-0.1, -0.05) is 19.8 Å². The molecule has 0 aromatic heterocycles. The number of rotatable bonds is 7. The number of ether oxygens (including phenoxy) is 1. The van der Waals surface area contributed by atoms with Crippen LogP contribution in [-0.2, 0) is 9.53 Å². The Kier molecular flexibility index (Phi) is 5.65. The van der Waals surface area contributed by atoms with Gasteiger partial charge in [-0.25, -0.2) is 0 Å². The molecule has 1 rings (SSSR count). The summed E-state index contributed by atoms with van der Waals surface area (Å²) in [5.41, 5.74) is 0. The van der Waals surface area contributed by atoms with Crippen LogP contribution in [-0.4, -0.2) is 37.7 Å². The Bertz CT molecular complexity index is 193. The van der Waals surface area contributed by atoms with E-state index < -0.39 is 0 Å². The van der Waals surface area contributed by atoms with Crippen LogP contribution in [0.2, 0.25) is 0 Å². The number of carbonyl (C=O) groups is 1. The van der Waals surface area contributed by atoms with Crippen molar-refractivity contribution in [3.63, 3.8) is 0 Å². The topological polar surface area (TPSA) is 50.4 Å². The summed E-state index contributed by atoms with van der Waals surface area (Å²) in [6, 6.07) is 0.252. The van der Waals surface area contributed by atoms with Gasteiger partial charge in [-0.05, 0) is 13.3 Å². The molecular formula is C11H22N2O2. The van der Waals surface area contributed by atoms with Crippen LogP contribution in [0.4, 0.5) is 0 Å². The van der Waals surface area contributed by atoms with E-state index in [1.165, 1.54) is 12.8 Å². The first-order valence-electron chi connectivity index (χ1n) is 5.85. The lowest BCUT2D eigenvalue weighted by atomic mass is 10.2. The number of hydrogen-bond donors (Lipinski definition) is 2. The summed E-state index contributed by atoms with van der Waals surface area (Å²) < 4.78 is 5.03. The van der Waals surface area contributed by atoms with E-state index in [2.05, 4.69) is 17.6 Å². The van der Waals surface area contributed by atoms with E-state index in [1.54, 1.807) is 0 Å². The van der Waals surface area contributed by atoms with E-state index in [-0.39, 0.29) is 11.9 Å². The van der Waals surface area contributed by atoms with E-state index in [9.17, 15) is 4.79 Å². The standard InChI is InChI=1S/C11H22N2O2/c1-3-4-5-6-12-11(14)9(2)13-10-7-15-8-10/h9-10,13H,3-8H2,1-2H3,(H,12,14). The largest absolute Gasteiger partial charge is 0.378 e. The minimum atomic E-state index is -0.111. The van der Waals surface area contributed by atoms with Gasteiger partial charge in [-0.3, -0.25) is 10.1 Å². The van der Waals surface area contributed by atoms with Crippen molar-refractivity contribution in [3.05, 3.63) is 0 Å². The molecule has 1 amide bonds. The maximum Gasteiger partial charge on any atom is 0.236 e. The van der Waals surface area contributed by atoms with Gasteiger partial charge in [0.05, 0.1) is 25.3 Å². The third kappa shape index (κ3) is 4.62. The Morgan fingerprint density at radius 2 is 2.20 bits per heavy atom. The molecule has 0 saturated carbocycles. The predicted octanol–water partition coefficient (Wildman–Crippen LogP) is 0.670. The van der Waals surface area contributed by atoms with E-state index in [1.807, 2.05) is 6.92 Å². The Hall–Kier alpha value is -0.610. The molecule has 1 heterocycles. The summed E-state index contributed by atoms with van der Waals surface area (Å²) in [4.78, 5) is 11.6. The zero-order chi connectivity index (χ0) is 11.1. The Morgan fingerprint density at radius 1 is 1.47 bits per heavy atom. The molecule has 0 bridgehead atoms. The quantitative estimate of drug-likeness (QED) is 0.612. The lowest BCUT2D eigenvalue weighted by Gasteiger charge is -2.29. The molecule has 1 atom stereocenters. The summed E-state index contributed by atoms with van der Waals surface area (Å²) >= 11 is 0. The highest BCUT2D eigenvalue weighted by molar-refractivity contribution is 5.81. The average molecular weight is 214 g/mol. The number of unbranched alkanes of at least 4 members (excludes halogenated alkanes) is 2. The maximum absolute atomic E-state index is 11.6. The van der Waals surface area contributed by atoms with Crippen molar-refractivity contribution in [2.24, 2.45) is 0 Å². The Balaban J connectivity index is 2.04. The molecule has 1 fully saturated rings. The van der Waals surface area contributed by atoms with Crippen LogP contribution in [0.15, 0.2) is 0 Å². The molecular weight excluding hydrogens is 192 g/mol. The first kappa shape index (κ1) is 12.5. The van der Waals surface area contributed by atoms with Gasteiger partial charge in [0, 0.05) is 6.54 Å². The molecule has 1 aliphatic rings. The van der Waals surface area contributed by atoms with E-state index in [0.29, 0.717) is 6.04 Å². The molecule has 88 valence electrons. The highest BCUT2D eigenvalue weighted by atomic mass is 16.5. The van der Waals surface area contributed by atoms with Gasteiger partial charge in [0.1, 0.15) is 0 Å². The van der Waals surface area contributed by atoms with Crippen LogP contribution in [0.25, 0.3) is 0 Å². The monoisotopic (exact) mass is 214 g/mol. The molecule has 0 aromatic carbocycles. The van der Waals surface area contributed by atoms with Gasteiger partial charge in [-0.15, -0.1) is 0 Å². The minimum absolute atomic E-state index is 0.0954. The molecule has 4 heteroatoms. The highest BCUT2D eigenvalue weighted by Crippen LogP contribution is 2.01. The van der Waals surface area contributed by atoms with Crippen LogP contribution >= 0.6 is 0 Å². The lowest BCUT2D eigenvalue weighted by molar-refractivity contribution is -0.123. The summed E-state index contributed by atoms with van der Waals surface area (Å²) in [7, 11) is 0. The zero-order valence-electron chi connectivity index (χ0n) is 9.71. The van der Waals surface area contributed by atoms with E-state index in [4.69, 9.17) is 4.74 Å². The highest BCUT2D eigenvalue weighted by Gasteiger charge is 2.22. The van der Waals surface area contributed by atoms with Gasteiger partial charge >= 0.3 is 0 Å². The number of carbonyl (C=O) groups excluding carboxylic acids is 1. The van der Waals surface area contributed by atoms with Crippen molar-refractivity contribution in [1.82, 2.24) is 10.6 Å². The van der Waals surface area contributed by atoms with Crippen molar-refractivity contribution in [2.45, 2.75) is 45.2 Å². The summed E-state index contributed by atoms with van der Waals surface area (Å²) in [5.74, 6) is 0.0954. The molecule has 1 saturated heterocycles. The maximum atomic E-state index is 11.6. The first-order valence-corrected chi connectivity index (χ1v) is 5.85. The molecule has 0 aromatic rings. The third-order valence-corrected chi connectivity index (χ3v) is 2.60. The van der Waals surface area contributed by atoms with E-state index >= 15 is 0 Å². The van der Waals surface area contributed by atoms with Gasteiger partial charge in [0.2, 0.25) is 5.91 Å². The van der Waals surface area contributed by atoms with Gasteiger partial charge in [0.15, 0.2) is 0 Å². The van der Waals surface area contributed by atoms with Gasteiger partial charge in [0.25, 0.3) is 0 Å². The average Bonchev–Trinajstić information content (AvgIpc) is 2.17. The van der Waals surface area contributed by atoms with Crippen LogP contribution in [0.3, 0.4) is 0 Å². The van der Waals surface area contributed by atoms with Crippen molar-refractivity contribution in [3.8, 4) is 0 Å². The Morgan fingerprint density at radius 3 is 2.73 bits per heavy atom. The molecule has 0 spiro atoms. The van der Waals surface area contributed by atoms with Gasteiger partial charge in [-0.2, -0.15) is 0 Å². The van der Waals surface area contributed by atoms with Crippen molar-refractivity contribution < 1.29 is 9.53 Å². The summed E-state index contributed by atoms with van der Waals surface area (Å²) in [5, 5.41) is 6.15. The fourth-order valence-corrected chi connectivity index (χ4v) is 1.50. The molecule has 0 radical (unpaired) electrons. The minimum Gasteiger partial charge on any atom is -0.378 e. The number of nitrogens with one attached hydrogen (secondary N) is 2. The third-order valence-electron chi connectivity index (χ3n) is 2.60. The molecule has 1 aliphatic heterocycles. The molecule has 4 nitrogen and oxygen atoms in total. The van der Waals surface area contributed by atoms with Crippen molar-refractivity contribution in [2.75, 3.05) is 19.8 Å². The van der Waals surface area contributed by atoms with Crippen LogP contribution in [0, 0.1) is 0 Å². The summed E-state index contributed by atoms with van der Waals surface area (Å²) in [6.07, 6.45) is 3.43. The van der Waals surface area contributed by atoms with Crippen molar-refractivity contribution >= 4 is 5.91 Å². The molecule has 15 heavy (non-hydrogen) atoms. The second-order valence-corrected chi connectivity index (χ2v) is 4.12. The van der Waals surface area contributed by atoms with Crippen LogP contribution < -0.4 is 10.6 Å². The zero-order valence-corrected chi connectivity index (χ0v) is 9.71. The van der Waals surface area contributed by atoms with Crippen LogP contribution in [0.5, 0.6) is 0 Å². The molecule has 0 aliphatic carbocycles. The Labute approximate surface area is 91.8 Å². The van der Waals surface area contributed by atoms with E-state index in [0.717, 1.165) is 26.2 Å². The molecule has 1 unspecified atom stereocenters. The fourth-order valence-electron chi connectivity index (χ4n) is 1.50.